The molecular weight excluding hydrogens is 522 g/mol. The summed E-state index contributed by atoms with van der Waals surface area (Å²) in [6.45, 7) is 1.91. The number of hydrogen-bond donors (Lipinski definition) is 3. The second-order valence-corrected chi connectivity index (χ2v) is 10.1. The van der Waals surface area contributed by atoms with Gasteiger partial charge in [-0.15, -0.1) is 0 Å². The molecule has 0 radical (unpaired) electrons. The minimum absolute atomic E-state index is 0.00917. The number of benzene rings is 5. The summed E-state index contributed by atoms with van der Waals surface area (Å²) in [6, 6.07) is 31.3. The number of hydrogen-bond acceptors (Lipinski definition) is 3. The van der Waals surface area contributed by atoms with Crippen molar-refractivity contribution in [1.82, 2.24) is 15.3 Å². The molecule has 7 heteroatoms. The number of H-pyrrole nitrogens is 1. The van der Waals surface area contributed by atoms with E-state index in [4.69, 9.17) is 16.6 Å². The number of carbonyl (C=O) groups excluding carboxylic acids is 1. The summed E-state index contributed by atoms with van der Waals surface area (Å²) in [4.78, 5) is 33.7. The highest BCUT2D eigenvalue weighted by atomic mass is 35.5. The van der Waals surface area contributed by atoms with Gasteiger partial charge in [-0.05, 0) is 76.9 Å². The van der Waals surface area contributed by atoms with Gasteiger partial charge < -0.3 is 15.4 Å². The summed E-state index contributed by atoms with van der Waals surface area (Å²) in [5.41, 5.74) is 4.61. The molecule has 0 saturated carbocycles. The van der Waals surface area contributed by atoms with E-state index in [9.17, 15) is 14.7 Å². The number of para-hydroxylation sites is 2. The first-order valence-electron chi connectivity index (χ1n) is 12.8. The van der Waals surface area contributed by atoms with Gasteiger partial charge in [0.2, 0.25) is 0 Å². The molecule has 0 aliphatic rings. The average Bonchev–Trinajstić information content (AvgIpc) is 3.40. The van der Waals surface area contributed by atoms with Crippen molar-refractivity contribution in [3.05, 3.63) is 125 Å². The van der Waals surface area contributed by atoms with Crippen molar-refractivity contribution in [3.63, 3.8) is 0 Å². The Morgan fingerprint density at radius 1 is 0.850 bits per heavy atom. The van der Waals surface area contributed by atoms with E-state index in [2.05, 4.69) is 10.3 Å². The van der Waals surface area contributed by atoms with E-state index < -0.39 is 5.97 Å². The van der Waals surface area contributed by atoms with Crippen LogP contribution in [0.4, 0.5) is 0 Å². The van der Waals surface area contributed by atoms with Crippen LogP contribution in [-0.4, -0.2) is 27.0 Å². The summed E-state index contributed by atoms with van der Waals surface area (Å²) in [7, 11) is 0. The molecule has 0 aliphatic carbocycles. The Labute approximate surface area is 235 Å². The summed E-state index contributed by atoms with van der Waals surface area (Å²) in [5.74, 6) is -0.921. The van der Waals surface area contributed by atoms with E-state index in [-0.39, 0.29) is 23.1 Å². The lowest BCUT2D eigenvalue weighted by molar-refractivity contribution is 0.0697. The molecule has 1 amide bonds. The molecule has 5 aromatic carbocycles. The second-order valence-electron chi connectivity index (χ2n) is 9.62. The molecule has 196 valence electrons. The molecule has 0 fully saturated rings. The van der Waals surface area contributed by atoms with Gasteiger partial charge in [0, 0.05) is 16.1 Å². The van der Waals surface area contributed by atoms with Crippen molar-refractivity contribution in [2.45, 2.75) is 13.0 Å². The van der Waals surface area contributed by atoms with Gasteiger partial charge in [0.05, 0.1) is 22.6 Å². The van der Waals surface area contributed by atoms with Crippen molar-refractivity contribution < 1.29 is 14.7 Å². The Morgan fingerprint density at radius 2 is 1.60 bits per heavy atom. The molecule has 0 spiro atoms. The van der Waals surface area contributed by atoms with Crippen LogP contribution in [0, 0.1) is 0 Å². The molecule has 1 heterocycles. The van der Waals surface area contributed by atoms with Crippen molar-refractivity contribution in [2.75, 3.05) is 0 Å². The molecular formula is C33H24ClN3O3. The first-order valence-corrected chi connectivity index (χ1v) is 13.2. The fourth-order valence-electron chi connectivity index (χ4n) is 5.11. The number of aromatic amines is 1. The maximum atomic E-state index is 13.3. The maximum Gasteiger partial charge on any atom is 0.336 e. The van der Waals surface area contributed by atoms with E-state index in [0.29, 0.717) is 27.5 Å². The van der Waals surface area contributed by atoms with Gasteiger partial charge in [-0.3, -0.25) is 4.79 Å². The summed E-state index contributed by atoms with van der Waals surface area (Å²) in [6.07, 6.45) is 0. The minimum Gasteiger partial charge on any atom is -0.478 e. The minimum atomic E-state index is -1.15. The van der Waals surface area contributed by atoms with Crippen LogP contribution in [0.5, 0.6) is 0 Å². The molecule has 1 aromatic heterocycles. The molecule has 3 N–H and O–H groups in total. The molecule has 1 atom stereocenters. The smallest absolute Gasteiger partial charge is 0.336 e. The van der Waals surface area contributed by atoms with Gasteiger partial charge in [-0.1, -0.05) is 72.3 Å². The number of fused-ring (bicyclic) bond motifs is 2. The summed E-state index contributed by atoms with van der Waals surface area (Å²) < 4.78 is 0. The van der Waals surface area contributed by atoms with Gasteiger partial charge in [0.15, 0.2) is 0 Å². The normalized spacial score (nSPS) is 11.9. The van der Waals surface area contributed by atoms with Gasteiger partial charge in [-0.25, -0.2) is 9.78 Å². The lowest BCUT2D eigenvalue weighted by Gasteiger charge is -2.18. The molecule has 1 unspecified atom stereocenters. The molecule has 6 nitrogen and oxygen atoms in total. The highest BCUT2D eigenvalue weighted by Gasteiger charge is 2.21. The number of carbonyl (C=O) groups is 2. The third-order valence-corrected chi connectivity index (χ3v) is 7.30. The lowest BCUT2D eigenvalue weighted by atomic mass is 9.93. The molecule has 0 saturated heterocycles. The monoisotopic (exact) mass is 545 g/mol. The van der Waals surface area contributed by atoms with Crippen LogP contribution < -0.4 is 5.32 Å². The van der Waals surface area contributed by atoms with Crippen LogP contribution in [0.15, 0.2) is 103 Å². The molecule has 6 aromatic rings. The first-order chi connectivity index (χ1) is 19.4. The van der Waals surface area contributed by atoms with Gasteiger partial charge in [-0.2, -0.15) is 0 Å². The Bertz CT molecular complexity index is 1890. The Kier molecular flexibility index (Phi) is 6.54. The van der Waals surface area contributed by atoms with Crippen LogP contribution in [-0.2, 0) is 0 Å². The van der Waals surface area contributed by atoms with E-state index in [0.717, 1.165) is 27.4 Å². The van der Waals surface area contributed by atoms with E-state index in [1.54, 1.807) is 24.3 Å². The molecule has 40 heavy (non-hydrogen) atoms. The predicted octanol–water partition coefficient (Wildman–Crippen LogP) is 7.89. The predicted molar refractivity (Wildman–Crippen MR) is 159 cm³/mol. The van der Waals surface area contributed by atoms with Crippen LogP contribution in [0.3, 0.4) is 0 Å². The SMILES string of the molecule is CC(NC(=O)c1ccc(-c2cc(Cl)ccc2-c2nc3ccccc3[nH]2)c(C(=O)O)c1)c1cccc2ccccc12. The topological polar surface area (TPSA) is 95.1 Å². The van der Waals surface area contributed by atoms with Crippen molar-refractivity contribution >= 4 is 45.3 Å². The van der Waals surface area contributed by atoms with E-state index >= 15 is 0 Å². The van der Waals surface area contributed by atoms with Gasteiger partial charge in [0.25, 0.3) is 5.91 Å². The number of aromatic carboxylic acids is 1. The largest absolute Gasteiger partial charge is 0.478 e. The fourth-order valence-corrected chi connectivity index (χ4v) is 5.28. The van der Waals surface area contributed by atoms with Crippen LogP contribution in [0.2, 0.25) is 5.02 Å². The fraction of sp³-hybridized carbons (Fsp3) is 0.0606. The highest BCUT2D eigenvalue weighted by Crippen LogP contribution is 2.36. The number of imidazole rings is 1. The van der Waals surface area contributed by atoms with Crippen LogP contribution >= 0.6 is 11.6 Å². The first kappa shape index (κ1) is 25.3. The third-order valence-electron chi connectivity index (χ3n) is 7.07. The average molecular weight is 546 g/mol. The molecule has 0 aliphatic heterocycles. The number of aromatic nitrogens is 2. The number of amides is 1. The molecule has 0 bridgehead atoms. The quantitative estimate of drug-likeness (QED) is 0.198. The van der Waals surface area contributed by atoms with Gasteiger partial charge >= 0.3 is 5.97 Å². The maximum absolute atomic E-state index is 13.3. The van der Waals surface area contributed by atoms with E-state index in [1.165, 1.54) is 6.07 Å². The number of rotatable bonds is 6. The number of nitrogens with zero attached hydrogens (tertiary/aromatic N) is 1. The number of carboxylic acid groups (broad SMARTS) is 1. The number of carboxylic acids is 1. The van der Waals surface area contributed by atoms with Crippen LogP contribution in [0.1, 0.15) is 39.2 Å². The number of nitrogens with one attached hydrogen (secondary N) is 2. The van der Waals surface area contributed by atoms with Crippen molar-refractivity contribution in [2.24, 2.45) is 0 Å². The Balaban J connectivity index is 1.37. The van der Waals surface area contributed by atoms with Gasteiger partial charge in [0.1, 0.15) is 5.82 Å². The summed E-state index contributed by atoms with van der Waals surface area (Å²) in [5, 5.41) is 15.8. The second kappa shape index (κ2) is 10.3. The molecule has 6 rings (SSSR count). The van der Waals surface area contributed by atoms with Crippen molar-refractivity contribution in [3.8, 4) is 22.5 Å². The zero-order valence-electron chi connectivity index (χ0n) is 21.5. The van der Waals surface area contributed by atoms with E-state index in [1.807, 2.05) is 79.7 Å². The highest BCUT2D eigenvalue weighted by molar-refractivity contribution is 6.31. The Hall–Kier alpha value is -4.94. The number of halogens is 1. The third kappa shape index (κ3) is 4.70. The summed E-state index contributed by atoms with van der Waals surface area (Å²) >= 11 is 6.36. The zero-order chi connectivity index (χ0) is 27.8. The van der Waals surface area contributed by atoms with Crippen molar-refractivity contribution in [1.29, 1.82) is 0 Å². The van der Waals surface area contributed by atoms with Crippen LogP contribution in [0.25, 0.3) is 44.3 Å². The zero-order valence-corrected chi connectivity index (χ0v) is 22.2. The lowest BCUT2D eigenvalue weighted by Crippen LogP contribution is -2.27. The standard InChI is InChI=1S/C33H24ClN3O3/c1-19(23-10-6-8-20-7-2-3-9-24(20)23)35-32(38)21-13-15-25(28(17-21)33(39)40)27-18-22(34)14-16-26(27)31-36-29-11-4-5-12-30(29)37-31/h2-19H,1H3,(H,35,38)(H,36,37)(H,39,40). The Morgan fingerprint density at radius 3 is 2.42 bits per heavy atom.